The van der Waals surface area contributed by atoms with Crippen molar-refractivity contribution in [3.8, 4) is 11.1 Å². The molecular formula is C53H83NO8S. The number of fused-ring (bicyclic) bond motifs is 3. The van der Waals surface area contributed by atoms with Crippen LogP contribution in [0.2, 0.25) is 0 Å². The Morgan fingerprint density at radius 2 is 1.08 bits per heavy atom. The van der Waals surface area contributed by atoms with Crippen LogP contribution in [0, 0.1) is 0 Å². The highest BCUT2D eigenvalue weighted by Crippen LogP contribution is 2.38. The second kappa shape index (κ2) is 34.8. The first kappa shape index (κ1) is 53.8. The van der Waals surface area contributed by atoms with Gasteiger partial charge in [-0.2, -0.15) is 11.8 Å². The Balaban J connectivity index is 1.38. The van der Waals surface area contributed by atoms with E-state index in [4.69, 9.17) is 14.2 Å². The van der Waals surface area contributed by atoms with Gasteiger partial charge >= 0.3 is 24.0 Å². The summed E-state index contributed by atoms with van der Waals surface area (Å²) in [6.07, 6.45) is 31.5. The van der Waals surface area contributed by atoms with Crippen LogP contribution in [0.15, 0.2) is 42.5 Å². The molecular weight excluding hydrogens is 811 g/mol. The number of aliphatic carboxylic acids is 1. The monoisotopic (exact) mass is 894 g/mol. The van der Waals surface area contributed by atoms with Gasteiger partial charge in [0.1, 0.15) is 25.4 Å². The number of amides is 1. The van der Waals surface area contributed by atoms with Crippen molar-refractivity contribution in [1.82, 2.24) is 5.32 Å². The SMILES string of the molecule is CCCCCCCCCCCCCCCC(=O)OC[C@@H](CSC[C@H](NC(=O)OCc1cccc2c1Cc1ccccc1-2)C(=O)O)OC(=O)CCCCCCCCCCCCCCC. The van der Waals surface area contributed by atoms with Gasteiger partial charge < -0.3 is 24.6 Å². The van der Waals surface area contributed by atoms with Gasteiger partial charge in [0.2, 0.25) is 0 Å². The molecule has 1 aliphatic carbocycles. The maximum atomic E-state index is 12.9. The zero-order valence-corrected chi connectivity index (χ0v) is 40.1. The van der Waals surface area contributed by atoms with E-state index < -0.39 is 24.2 Å². The van der Waals surface area contributed by atoms with Crippen LogP contribution in [0.3, 0.4) is 0 Å². The van der Waals surface area contributed by atoms with Crippen molar-refractivity contribution in [3.63, 3.8) is 0 Å². The molecule has 0 heterocycles. The molecule has 0 saturated heterocycles. The van der Waals surface area contributed by atoms with E-state index in [-0.39, 0.29) is 43.1 Å². The smallest absolute Gasteiger partial charge is 0.408 e. The summed E-state index contributed by atoms with van der Waals surface area (Å²) in [5.74, 6) is -1.63. The van der Waals surface area contributed by atoms with Gasteiger partial charge in [-0.1, -0.05) is 210 Å². The summed E-state index contributed by atoms with van der Waals surface area (Å²) in [6.45, 7) is 4.43. The van der Waals surface area contributed by atoms with Crippen molar-refractivity contribution in [2.45, 2.75) is 219 Å². The van der Waals surface area contributed by atoms with E-state index in [2.05, 4.69) is 37.4 Å². The molecule has 0 unspecified atom stereocenters. The number of rotatable bonds is 39. The van der Waals surface area contributed by atoms with E-state index in [0.717, 1.165) is 61.6 Å². The molecule has 1 aliphatic rings. The van der Waals surface area contributed by atoms with Crippen LogP contribution in [-0.2, 0) is 41.6 Å². The fourth-order valence-corrected chi connectivity index (χ4v) is 9.40. The van der Waals surface area contributed by atoms with Crippen molar-refractivity contribution in [2.24, 2.45) is 0 Å². The van der Waals surface area contributed by atoms with Crippen LogP contribution in [0.4, 0.5) is 4.79 Å². The second-order valence-corrected chi connectivity index (χ2v) is 18.8. The number of thioether (sulfide) groups is 1. The van der Waals surface area contributed by atoms with E-state index in [9.17, 15) is 24.3 Å². The zero-order valence-electron chi connectivity index (χ0n) is 39.2. The van der Waals surface area contributed by atoms with Gasteiger partial charge in [-0.25, -0.2) is 9.59 Å². The minimum atomic E-state index is -1.23. The molecule has 2 N–H and O–H groups in total. The summed E-state index contributed by atoms with van der Waals surface area (Å²) in [5.41, 5.74) is 5.51. The molecule has 10 heteroatoms. The Hall–Kier alpha value is -3.53. The molecule has 1 amide bonds. The molecule has 0 fully saturated rings. The Labute approximate surface area is 385 Å². The number of carboxylic acid groups (broad SMARTS) is 1. The number of carbonyl (C=O) groups is 4. The Morgan fingerprint density at radius 3 is 1.62 bits per heavy atom. The van der Waals surface area contributed by atoms with E-state index in [1.54, 1.807) is 0 Å². The van der Waals surface area contributed by atoms with Gasteiger partial charge in [-0.05, 0) is 47.1 Å². The second-order valence-electron chi connectivity index (χ2n) is 17.7. The number of unbranched alkanes of at least 4 members (excludes halogenated alkanes) is 24. The summed E-state index contributed by atoms with van der Waals surface area (Å²) < 4.78 is 16.9. The third kappa shape index (κ3) is 24.4. The van der Waals surface area contributed by atoms with Gasteiger partial charge in [0, 0.05) is 24.3 Å². The van der Waals surface area contributed by atoms with Crippen molar-refractivity contribution >= 4 is 35.8 Å². The van der Waals surface area contributed by atoms with Gasteiger partial charge in [0.25, 0.3) is 0 Å². The third-order valence-corrected chi connectivity index (χ3v) is 13.4. The molecule has 0 saturated carbocycles. The predicted octanol–water partition coefficient (Wildman–Crippen LogP) is 14.1. The molecule has 9 nitrogen and oxygen atoms in total. The summed E-state index contributed by atoms with van der Waals surface area (Å²) in [6, 6.07) is 12.9. The number of hydrogen-bond acceptors (Lipinski definition) is 8. The molecule has 0 aromatic heterocycles. The molecule has 2 aromatic rings. The van der Waals surface area contributed by atoms with Crippen molar-refractivity contribution in [2.75, 3.05) is 18.1 Å². The molecule has 0 bridgehead atoms. The predicted molar refractivity (Wildman–Crippen MR) is 258 cm³/mol. The zero-order chi connectivity index (χ0) is 45.2. The van der Waals surface area contributed by atoms with Crippen LogP contribution in [0.25, 0.3) is 11.1 Å². The van der Waals surface area contributed by atoms with Crippen LogP contribution >= 0.6 is 11.8 Å². The first-order valence-electron chi connectivity index (χ1n) is 25.1. The van der Waals surface area contributed by atoms with Crippen LogP contribution in [0.1, 0.15) is 210 Å². The number of benzene rings is 2. The summed E-state index contributed by atoms with van der Waals surface area (Å²) >= 11 is 1.22. The molecule has 2 atom stereocenters. The molecule has 0 spiro atoms. The van der Waals surface area contributed by atoms with Crippen molar-refractivity contribution < 1.29 is 38.5 Å². The topological polar surface area (TPSA) is 128 Å². The standard InChI is InChI=1S/C53H83NO8S/c1-3-5-7-9-11-13-15-17-19-21-23-25-27-36-50(55)60-40-45(62-51(56)37-28-26-24-22-20-18-16-14-12-10-8-6-4-2)41-63-42-49(52(57)58)54-53(59)61-39-44-33-31-35-47-46-34-30-29-32-43(46)38-48(44)47/h29-35,45,49H,3-28,36-42H2,1-2H3,(H,54,59)(H,57,58)/t45-,49-/m0/s1. The lowest BCUT2D eigenvalue weighted by molar-refractivity contribution is -0.157. The van der Waals surface area contributed by atoms with Gasteiger partial charge in [-0.3, -0.25) is 9.59 Å². The van der Waals surface area contributed by atoms with Gasteiger partial charge in [-0.15, -0.1) is 0 Å². The quantitative estimate of drug-likeness (QED) is 0.0327. The van der Waals surface area contributed by atoms with Gasteiger partial charge in [0.15, 0.2) is 0 Å². The molecule has 0 aliphatic heterocycles. The molecule has 0 radical (unpaired) electrons. The first-order chi connectivity index (χ1) is 30.8. The number of carbonyl (C=O) groups excluding carboxylic acids is 3. The molecule has 2 aromatic carbocycles. The molecule has 63 heavy (non-hydrogen) atoms. The number of ether oxygens (including phenoxy) is 3. The summed E-state index contributed by atoms with van der Waals surface area (Å²) in [4.78, 5) is 50.7. The first-order valence-corrected chi connectivity index (χ1v) is 26.3. The highest BCUT2D eigenvalue weighted by molar-refractivity contribution is 7.99. The number of esters is 2. The summed E-state index contributed by atoms with van der Waals surface area (Å²) in [5, 5.41) is 12.4. The summed E-state index contributed by atoms with van der Waals surface area (Å²) in [7, 11) is 0. The van der Waals surface area contributed by atoms with Crippen molar-refractivity contribution in [3.05, 3.63) is 59.2 Å². The maximum absolute atomic E-state index is 12.9. The molecule has 354 valence electrons. The van der Waals surface area contributed by atoms with Crippen molar-refractivity contribution in [1.29, 1.82) is 0 Å². The lowest BCUT2D eigenvalue weighted by Gasteiger charge is -2.19. The van der Waals surface area contributed by atoms with Crippen LogP contribution in [-0.4, -0.2) is 59.4 Å². The highest BCUT2D eigenvalue weighted by Gasteiger charge is 2.25. The fourth-order valence-electron chi connectivity index (χ4n) is 8.37. The van der Waals surface area contributed by atoms with E-state index >= 15 is 0 Å². The van der Waals surface area contributed by atoms with E-state index in [1.165, 1.54) is 151 Å². The van der Waals surface area contributed by atoms with Crippen LogP contribution in [0.5, 0.6) is 0 Å². The number of nitrogens with one attached hydrogen (secondary N) is 1. The minimum Gasteiger partial charge on any atom is -0.480 e. The normalized spacial score (nSPS) is 12.6. The average molecular weight is 894 g/mol. The van der Waals surface area contributed by atoms with E-state index in [0.29, 0.717) is 6.42 Å². The van der Waals surface area contributed by atoms with E-state index in [1.807, 2.05) is 24.3 Å². The lowest BCUT2D eigenvalue weighted by Crippen LogP contribution is -2.43. The maximum Gasteiger partial charge on any atom is 0.408 e. The Kier molecular flexibility index (Phi) is 29.7. The Morgan fingerprint density at radius 1 is 0.587 bits per heavy atom. The lowest BCUT2D eigenvalue weighted by atomic mass is 10.0. The number of alkyl carbamates (subject to hydrolysis) is 1. The average Bonchev–Trinajstić information content (AvgIpc) is 3.67. The van der Waals surface area contributed by atoms with Crippen LogP contribution < -0.4 is 5.32 Å². The highest BCUT2D eigenvalue weighted by atomic mass is 32.2. The van der Waals surface area contributed by atoms with Gasteiger partial charge in [0.05, 0.1) is 0 Å². The Bertz CT molecular complexity index is 1570. The molecule has 3 rings (SSSR count). The largest absolute Gasteiger partial charge is 0.480 e. The minimum absolute atomic E-state index is 0.0142. The number of carboxylic acids is 1. The number of hydrogen-bond donors (Lipinski definition) is 2. The fraction of sp³-hybridized carbons (Fsp3) is 0.698. The third-order valence-electron chi connectivity index (χ3n) is 12.2.